The lowest BCUT2D eigenvalue weighted by atomic mass is 10.1. The van der Waals surface area contributed by atoms with Gasteiger partial charge >= 0.3 is 0 Å². The quantitative estimate of drug-likeness (QED) is 0.813. The molecular weight excluding hydrogens is 226 g/mol. The summed E-state index contributed by atoms with van der Waals surface area (Å²) in [6, 6.07) is 2.01. The molecule has 100 valence electrons. The second-order valence-corrected chi connectivity index (χ2v) is 5.41. The number of aryl methyl sites for hydroxylation is 1. The van der Waals surface area contributed by atoms with Gasteiger partial charge in [0.15, 0.2) is 0 Å². The molecule has 1 saturated carbocycles. The number of carbonyl (C=O) groups excluding carboxylic acids is 1. The number of nitrogens with zero attached hydrogens (tertiary/aromatic N) is 1. The smallest absolute Gasteiger partial charge is 0.268 e. The predicted octanol–water partition coefficient (Wildman–Crippen LogP) is 2.40. The molecule has 1 heterocycles. The summed E-state index contributed by atoms with van der Waals surface area (Å²) < 4.78 is 1.94. The van der Waals surface area contributed by atoms with E-state index in [1.54, 1.807) is 6.07 Å². The van der Waals surface area contributed by atoms with Crippen LogP contribution in [-0.2, 0) is 6.54 Å². The van der Waals surface area contributed by atoms with Crippen LogP contribution in [0.1, 0.15) is 50.0 Å². The SMILES string of the molecule is CCCn1cc(N)cc1C(=O)NC(C)CC1CC1. The van der Waals surface area contributed by atoms with E-state index in [9.17, 15) is 4.79 Å². The van der Waals surface area contributed by atoms with Crippen LogP contribution >= 0.6 is 0 Å². The third-order valence-corrected chi connectivity index (χ3v) is 3.38. The molecule has 1 amide bonds. The molecule has 0 radical (unpaired) electrons. The van der Waals surface area contributed by atoms with Crippen LogP contribution in [0, 0.1) is 5.92 Å². The number of nitrogens with one attached hydrogen (secondary N) is 1. The van der Waals surface area contributed by atoms with E-state index in [1.807, 2.05) is 10.8 Å². The van der Waals surface area contributed by atoms with Gasteiger partial charge in [0.05, 0.1) is 5.69 Å². The summed E-state index contributed by atoms with van der Waals surface area (Å²) in [6.45, 7) is 5.00. The van der Waals surface area contributed by atoms with Crippen molar-refractivity contribution in [1.29, 1.82) is 0 Å². The molecule has 1 aliphatic rings. The summed E-state index contributed by atoms with van der Waals surface area (Å²) in [7, 11) is 0. The zero-order valence-corrected chi connectivity index (χ0v) is 11.3. The summed E-state index contributed by atoms with van der Waals surface area (Å²) in [5.74, 6) is 0.820. The number of carbonyl (C=O) groups is 1. The highest BCUT2D eigenvalue weighted by molar-refractivity contribution is 5.94. The Kier molecular flexibility index (Phi) is 3.94. The number of hydrogen-bond acceptors (Lipinski definition) is 2. The van der Waals surface area contributed by atoms with Gasteiger partial charge in [-0.05, 0) is 31.7 Å². The Morgan fingerprint density at radius 3 is 2.94 bits per heavy atom. The van der Waals surface area contributed by atoms with E-state index >= 15 is 0 Å². The number of anilines is 1. The van der Waals surface area contributed by atoms with Crippen LogP contribution in [-0.4, -0.2) is 16.5 Å². The molecule has 1 aliphatic carbocycles. The number of aromatic nitrogens is 1. The summed E-state index contributed by atoms with van der Waals surface area (Å²) in [6.07, 6.45) is 6.56. The van der Waals surface area contributed by atoms with Crippen LogP contribution in [0.2, 0.25) is 0 Å². The number of nitrogen functional groups attached to an aromatic ring is 1. The van der Waals surface area contributed by atoms with E-state index in [-0.39, 0.29) is 11.9 Å². The van der Waals surface area contributed by atoms with E-state index in [2.05, 4.69) is 19.2 Å². The molecule has 18 heavy (non-hydrogen) atoms. The van der Waals surface area contributed by atoms with Crippen LogP contribution in [0.5, 0.6) is 0 Å². The van der Waals surface area contributed by atoms with Crippen molar-refractivity contribution in [3.05, 3.63) is 18.0 Å². The van der Waals surface area contributed by atoms with Crippen molar-refractivity contribution in [3.63, 3.8) is 0 Å². The largest absolute Gasteiger partial charge is 0.397 e. The molecule has 0 aliphatic heterocycles. The fourth-order valence-electron chi connectivity index (χ4n) is 2.36. The first-order chi connectivity index (χ1) is 8.60. The molecule has 4 nitrogen and oxygen atoms in total. The van der Waals surface area contributed by atoms with E-state index in [4.69, 9.17) is 5.73 Å². The van der Waals surface area contributed by atoms with Gasteiger partial charge in [0, 0.05) is 18.8 Å². The number of amides is 1. The second kappa shape index (κ2) is 5.46. The van der Waals surface area contributed by atoms with Crippen molar-refractivity contribution in [2.45, 2.75) is 52.1 Å². The lowest BCUT2D eigenvalue weighted by molar-refractivity contribution is 0.0928. The van der Waals surface area contributed by atoms with Gasteiger partial charge in [0.1, 0.15) is 5.69 Å². The predicted molar refractivity (Wildman–Crippen MR) is 73.4 cm³/mol. The van der Waals surface area contributed by atoms with Gasteiger partial charge in [-0.1, -0.05) is 19.8 Å². The van der Waals surface area contributed by atoms with Crippen molar-refractivity contribution in [2.75, 3.05) is 5.73 Å². The minimum atomic E-state index is -0.00620. The molecule has 2 rings (SSSR count). The highest BCUT2D eigenvalue weighted by atomic mass is 16.2. The van der Waals surface area contributed by atoms with Crippen molar-refractivity contribution in [1.82, 2.24) is 9.88 Å². The molecule has 1 unspecified atom stereocenters. The fraction of sp³-hybridized carbons (Fsp3) is 0.643. The maximum Gasteiger partial charge on any atom is 0.268 e. The lowest BCUT2D eigenvalue weighted by Gasteiger charge is -2.14. The Morgan fingerprint density at radius 2 is 2.33 bits per heavy atom. The Labute approximate surface area is 109 Å². The summed E-state index contributed by atoms with van der Waals surface area (Å²) in [5, 5.41) is 3.06. The van der Waals surface area contributed by atoms with Crippen LogP contribution in [0.25, 0.3) is 0 Å². The first kappa shape index (κ1) is 13.0. The van der Waals surface area contributed by atoms with Crippen LogP contribution in [0.3, 0.4) is 0 Å². The fourth-order valence-corrected chi connectivity index (χ4v) is 2.36. The zero-order chi connectivity index (χ0) is 13.1. The molecule has 1 fully saturated rings. The van der Waals surface area contributed by atoms with E-state index in [0.29, 0.717) is 11.4 Å². The first-order valence-electron chi connectivity index (χ1n) is 6.86. The summed E-state index contributed by atoms with van der Waals surface area (Å²) in [4.78, 5) is 12.2. The van der Waals surface area contributed by atoms with Gasteiger partial charge in [-0.25, -0.2) is 0 Å². The second-order valence-electron chi connectivity index (χ2n) is 5.41. The molecule has 0 aromatic carbocycles. The van der Waals surface area contributed by atoms with Gasteiger partial charge in [-0.2, -0.15) is 0 Å². The molecule has 1 aromatic rings. The van der Waals surface area contributed by atoms with Crippen LogP contribution < -0.4 is 11.1 Å². The summed E-state index contributed by atoms with van der Waals surface area (Å²) in [5.41, 5.74) is 7.10. The van der Waals surface area contributed by atoms with Gasteiger partial charge < -0.3 is 15.6 Å². The standard InChI is InChI=1S/C14H23N3O/c1-3-6-17-9-12(15)8-13(17)14(18)16-10(2)7-11-4-5-11/h8-11H,3-7,15H2,1-2H3,(H,16,18). The van der Waals surface area contributed by atoms with Gasteiger partial charge in [-0.3, -0.25) is 4.79 Å². The topological polar surface area (TPSA) is 60.0 Å². The Morgan fingerprint density at radius 1 is 1.61 bits per heavy atom. The number of rotatable bonds is 6. The first-order valence-corrected chi connectivity index (χ1v) is 6.86. The third kappa shape index (κ3) is 3.28. The maximum atomic E-state index is 12.2. The lowest BCUT2D eigenvalue weighted by Crippen LogP contribution is -2.34. The van der Waals surface area contributed by atoms with Gasteiger partial charge in [-0.15, -0.1) is 0 Å². The Hall–Kier alpha value is -1.45. The zero-order valence-electron chi connectivity index (χ0n) is 11.3. The molecule has 4 heteroatoms. The average molecular weight is 249 g/mol. The highest BCUT2D eigenvalue weighted by Crippen LogP contribution is 2.33. The Bertz CT molecular complexity index is 421. The molecule has 3 N–H and O–H groups in total. The maximum absolute atomic E-state index is 12.2. The normalized spacial score (nSPS) is 16.6. The monoisotopic (exact) mass is 249 g/mol. The number of nitrogens with two attached hydrogens (primary N) is 1. The summed E-state index contributed by atoms with van der Waals surface area (Å²) >= 11 is 0. The van der Waals surface area contributed by atoms with Crippen molar-refractivity contribution >= 4 is 11.6 Å². The van der Waals surface area contributed by atoms with Crippen LogP contribution in [0.15, 0.2) is 12.3 Å². The van der Waals surface area contributed by atoms with Crippen molar-refractivity contribution in [2.24, 2.45) is 5.92 Å². The number of hydrogen-bond donors (Lipinski definition) is 2. The van der Waals surface area contributed by atoms with E-state index < -0.39 is 0 Å². The Balaban J connectivity index is 1.97. The molecular formula is C14H23N3O. The van der Waals surface area contributed by atoms with Gasteiger partial charge in [0.25, 0.3) is 5.91 Å². The molecule has 0 spiro atoms. The average Bonchev–Trinajstić information content (AvgIpc) is 3.01. The van der Waals surface area contributed by atoms with Crippen molar-refractivity contribution < 1.29 is 4.79 Å². The van der Waals surface area contributed by atoms with E-state index in [0.717, 1.165) is 25.3 Å². The molecule has 0 bridgehead atoms. The molecule has 1 atom stereocenters. The van der Waals surface area contributed by atoms with Crippen LogP contribution in [0.4, 0.5) is 5.69 Å². The minimum absolute atomic E-state index is 0.00620. The van der Waals surface area contributed by atoms with Crippen molar-refractivity contribution in [3.8, 4) is 0 Å². The van der Waals surface area contributed by atoms with E-state index in [1.165, 1.54) is 12.8 Å². The molecule has 1 aromatic heterocycles. The minimum Gasteiger partial charge on any atom is -0.397 e. The highest BCUT2D eigenvalue weighted by Gasteiger charge is 2.24. The third-order valence-electron chi connectivity index (χ3n) is 3.38. The molecule has 0 saturated heterocycles. The van der Waals surface area contributed by atoms with Gasteiger partial charge in [0.2, 0.25) is 0 Å².